The first-order chi connectivity index (χ1) is 7.16. The maximum Gasteiger partial charge on any atom is 0.251 e. The van der Waals surface area contributed by atoms with Crippen LogP contribution in [0.2, 0.25) is 5.02 Å². The van der Waals surface area contributed by atoms with Crippen molar-refractivity contribution in [3.8, 4) is 11.4 Å². The molecule has 0 aliphatic heterocycles. The van der Waals surface area contributed by atoms with Crippen LogP contribution in [-0.2, 0) is 0 Å². The van der Waals surface area contributed by atoms with Crippen molar-refractivity contribution >= 4 is 11.6 Å². The van der Waals surface area contributed by atoms with Crippen LogP contribution in [-0.4, -0.2) is 9.97 Å². The van der Waals surface area contributed by atoms with Crippen molar-refractivity contribution in [1.82, 2.24) is 9.97 Å². The number of nitrogens with zero attached hydrogens (tertiary/aromatic N) is 1. The highest BCUT2D eigenvalue weighted by Gasteiger charge is 2.02. The van der Waals surface area contributed by atoms with Crippen molar-refractivity contribution in [2.45, 2.75) is 6.92 Å². The van der Waals surface area contributed by atoms with E-state index in [4.69, 9.17) is 11.6 Å². The monoisotopic (exact) mass is 220 g/mol. The minimum absolute atomic E-state index is 0.170. The number of hydrogen-bond donors (Lipinski definition) is 1. The Balaban J connectivity index is 2.55. The summed E-state index contributed by atoms with van der Waals surface area (Å²) in [5, 5.41) is 0.666. The highest BCUT2D eigenvalue weighted by molar-refractivity contribution is 6.31. The molecular formula is C11H9ClN2O. The van der Waals surface area contributed by atoms with Crippen LogP contribution in [0.5, 0.6) is 0 Å². The number of hydrogen-bond acceptors (Lipinski definition) is 2. The molecule has 0 aliphatic carbocycles. The van der Waals surface area contributed by atoms with Gasteiger partial charge in [-0.05, 0) is 18.6 Å². The highest BCUT2D eigenvalue weighted by atomic mass is 35.5. The Morgan fingerprint density at radius 1 is 1.33 bits per heavy atom. The zero-order chi connectivity index (χ0) is 10.8. The average molecular weight is 221 g/mol. The molecule has 1 aromatic heterocycles. The summed E-state index contributed by atoms with van der Waals surface area (Å²) < 4.78 is 0. The van der Waals surface area contributed by atoms with E-state index >= 15 is 0 Å². The van der Waals surface area contributed by atoms with Gasteiger partial charge in [-0.15, -0.1) is 0 Å². The SMILES string of the molecule is Cc1ccc(-c2nccc(=O)[nH]2)cc1Cl. The average Bonchev–Trinajstić information content (AvgIpc) is 2.22. The van der Waals surface area contributed by atoms with Crippen molar-refractivity contribution in [2.24, 2.45) is 0 Å². The van der Waals surface area contributed by atoms with E-state index in [1.807, 2.05) is 19.1 Å². The minimum Gasteiger partial charge on any atom is -0.307 e. The lowest BCUT2D eigenvalue weighted by Gasteiger charge is -2.02. The Kier molecular flexibility index (Phi) is 2.56. The molecular weight excluding hydrogens is 212 g/mol. The maximum atomic E-state index is 11.1. The fraction of sp³-hybridized carbons (Fsp3) is 0.0909. The molecule has 4 heteroatoms. The van der Waals surface area contributed by atoms with E-state index in [9.17, 15) is 4.79 Å². The summed E-state index contributed by atoms with van der Waals surface area (Å²) in [6.45, 7) is 1.92. The predicted octanol–water partition coefficient (Wildman–Crippen LogP) is 2.40. The standard InChI is InChI=1S/C11H9ClN2O/c1-7-2-3-8(6-9(7)12)11-13-5-4-10(15)14-11/h2-6H,1H3,(H,13,14,15). The third-order valence-corrected chi connectivity index (χ3v) is 2.52. The van der Waals surface area contributed by atoms with Crippen molar-refractivity contribution in [1.29, 1.82) is 0 Å². The van der Waals surface area contributed by atoms with Crippen LogP contribution in [0.3, 0.4) is 0 Å². The number of H-pyrrole nitrogens is 1. The molecule has 3 nitrogen and oxygen atoms in total. The van der Waals surface area contributed by atoms with Crippen LogP contribution in [0.15, 0.2) is 35.3 Å². The van der Waals surface area contributed by atoms with Crippen LogP contribution in [0.1, 0.15) is 5.56 Å². The Labute approximate surface area is 91.8 Å². The van der Waals surface area contributed by atoms with Crippen molar-refractivity contribution in [3.63, 3.8) is 0 Å². The van der Waals surface area contributed by atoms with Gasteiger partial charge >= 0.3 is 0 Å². The topological polar surface area (TPSA) is 45.8 Å². The van der Waals surface area contributed by atoms with E-state index in [1.165, 1.54) is 12.3 Å². The van der Waals surface area contributed by atoms with Gasteiger partial charge < -0.3 is 4.98 Å². The fourth-order valence-corrected chi connectivity index (χ4v) is 1.44. The molecule has 0 unspecified atom stereocenters. The summed E-state index contributed by atoms with van der Waals surface area (Å²) in [5.41, 5.74) is 1.64. The number of aryl methyl sites for hydroxylation is 1. The lowest BCUT2D eigenvalue weighted by atomic mass is 10.1. The van der Waals surface area contributed by atoms with E-state index in [1.54, 1.807) is 6.07 Å². The Morgan fingerprint density at radius 2 is 2.13 bits per heavy atom. The molecule has 15 heavy (non-hydrogen) atoms. The van der Waals surface area contributed by atoms with Gasteiger partial charge in [0.15, 0.2) is 0 Å². The number of nitrogens with one attached hydrogen (secondary N) is 1. The summed E-state index contributed by atoms with van der Waals surface area (Å²) in [4.78, 5) is 17.8. The lowest BCUT2D eigenvalue weighted by molar-refractivity contribution is 1.13. The molecule has 0 saturated heterocycles. The minimum atomic E-state index is -0.170. The van der Waals surface area contributed by atoms with Crippen LogP contribution in [0, 0.1) is 6.92 Å². The molecule has 0 atom stereocenters. The quantitative estimate of drug-likeness (QED) is 0.802. The van der Waals surface area contributed by atoms with Crippen LogP contribution in [0.25, 0.3) is 11.4 Å². The van der Waals surface area contributed by atoms with Crippen molar-refractivity contribution in [3.05, 3.63) is 51.4 Å². The molecule has 2 aromatic rings. The van der Waals surface area contributed by atoms with Gasteiger partial charge in [-0.3, -0.25) is 4.79 Å². The second-order valence-electron chi connectivity index (χ2n) is 3.25. The van der Waals surface area contributed by atoms with Gasteiger partial charge in [0.1, 0.15) is 5.82 Å². The van der Waals surface area contributed by atoms with Gasteiger partial charge in [0.25, 0.3) is 5.56 Å². The van der Waals surface area contributed by atoms with Crippen LogP contribution < -0.4 is 5.56 Å². The Morgan fingerprint density at radius 3 is 2.80 bits per heavy atom. The molecule has 0 spiro atoms. The normalized spacial score (nSPS) is 10.3. The summed E-state index contributed by atoms with van der Waals surface area (Å²) in [5.74, 6) is 0.532. The van der Waals surface area contributed by atoms with E-state index in [0.717, 1.165) is 11.1 Å². The first-order valence-corrected chi connectivity index (χ1v) is 4.86. The number of aromatic amines is 1. The second-order valence-corrected chi connectivity index (χ2v) is 3.65. The predicted molar refractivity (Wildman–Crippen MR) is 60.0 cm³/mol. The third kappa shape index (κ3) is 2.07. The molecule has 0 bridgehead atoms. The van der Waals surface area contributed by atoms with Crippen LogP contribution >= 0.6 is 11.6 Å². The van der Waals surface area contributed by atoms with Gasteiger partial charge in [-0.2, -0.15) is 0 Å². The molecule has 2 rings (SSSR count). The van der Waals surface area contributed by atoms with Crippen molar-refractivity contribution in [2.75, 3.05) is 0 Å². The van der Waals surface area contributed by atoms with E-state index in [-0.39, 0.29) is 5.56 Å². The number of aromatic nitrogens is 2. The maximum absolute atomic E-state index is 11.1. The molecule has 76 valence electrons. The lowest BCUT2D eigenvalue weighted by Crippen LogP contribution is -2.05. The zero-order valence-electron chi connectivity index (χ0n) is 8.12. The van der Waals surface area contributed by atoms with E-state index in [0.29, 0.717) is 10.8 Å². The van der Waals surface area contributed by atoms with Gasteiger partial charge in [-0.1, -0.05) is 23.7 Å². The smallest absolute Gasteiger partial charge is 0.251 e. The molecule has 0 amide bonds. The van der Waals surface area contributed by atoms with Gasteiger partial charge in [0, 0.05) is 22.8 Å². The van der Waals surface area contributed by atoms with Gasteiger partial charge in [0.2, 0.25) is 0 Å². The summed E-state index contributed by atoms with van der Waals surface area (Å²) in [7, 11) is 0. The van der Waals surface area contributed by atoms with E-state index < -0.39 is 0 Å². The van der Waals surface area contributed by atoms with Crippen molar-refractivity contribution < 1.29 is 0 Å². The first-order valence-electron chi connectivity index (χ1n) is 4.48. The number of benzene rings is 1. The molecule has 0 fully saturated rings. The zero-order valence-corrected chi connectivity index (χ0v) is 8.88. The number of rotatable bonds is 1. The summed E-state index contributed by atoms with van der Waals surface area (Å²) in [6, 6.07) is 6.93. The Bertz CT molecular complexity index is 548. The summed E-state index contributed by atoms with van der Waals surface area (Å²) in [6.07, 6.45) is 1.47. The van der Waals surface area contributed by atoms with Gasteiger partial charge in [0.05, 0.1) is 0 Å². The molecule has 0 saturated carbocycles. The molecule has 1 aromatic carbocycles. The molecule has 0 radical (unpaired) electrons. The highest BCUT2D eigenvalue weighted by Crippen LogP contribution is 2.21. The second kappa shape index (κ2) is 3.87. The van der Waals surface area contributed by atoms with Gasteiger partial charge in [-0.25, -0.2) is 4.98 Å². The molecule has 1 N–H and O–H groups in total. The van der Waals surface area contributed by atoms with E-state index in [2.05, 4.69) is 9.97 Å². The summed E-state index contributed by atoms with van der Waals surface area (Å²) >= 11 is 5.98. The Hall–Kier alpha value is -1.61. The number of halogens is 1. The largest absolute Gasteiger partial charge is 0.307 e. The first kappa shape index (κ1) is 9.93. The molecule has 1 heterocycles. The molecule has 0 aliphatic rings. The fourth-order valence-electron chi connectivity index (χ4n) is 1.26. The van der Waals surface area contributed by atoms with Crippen LogP contribution in [0.4, 0.5) is 0 Å². The third-order valence-electron chi connectivity index (χ3n) is 2.12.